The second-order valence-corrected chi connectivity index (χ2v) is 7.00. The Hall–Kier alpha value is -1.32. The molecule has 0 aliphatic heterocycles. The van der Waals surface area contributed by atoms with E-state index in [0.717, 1.165) is 17.5 Å². The summed E-state index contributed by atoms with van der Waals surface area (Å²) >= 11 is 0. The van der Waals surface area contributed by atoms with E-state index in [9.17, 15) is 8.42 Å². The van der Waals surface area contributed by atoms with Crippen LogP contribution < -0.4 is 0 Å². The van der Waals surface area contributed by atoms with Gasteiger partial charge in [-0.25, -0.2) is 8.42 Å². The van der Waals surface area contributed by atoms with Gasteiger partial charge in [-0.05, 0) is 41.7 Å². The van der Waals surface area contributed by atoms with Gasteiger partial charge in [-0.3, -0.25) is 0 Å². The molecule has 0 radical (unpaired) electrons. The van der Waals surface area contributed by atoms with Crippen molar-refractivity contribution in [3.63, 3.8) is 0 Å². The summed E-state index contributed by atoms with van der Waals surface area (Å²) in [5.41, 5.74) is 3.75. The maximum Gasteiger partial charge on any atom is 0.261 e. The molecule has 2 rings (SSSR count). The average Bonchev–Trinajstić information content (AvgIpc) is 2.38. The molecule has 0 spiro atoms. The van der Waals surface area contributed by atoms with Gasteiger partial charge in [0.05, 0.1) is 4.90 Å². The predicted molar refractivity (Wildman–Crippen MR) is 79.0 cm³/mol. The molecule has 0 heterocycles. The van der Waals surface area contributed by atoms with E-state index in [0.29, 0.717) is 5.56 Å². The first-order valence-electron chi connectivity index (χ1n) is 6.06. The molecule has 0 N–H and O–H groups in total. The third-order valence-electron chi connectivity index (χ3n) is 3.15. The van der Waals surface area contributed by atoms with Gasteiger partial charge in [0.25, 0.3) is 9.05 Å². The van der Waals surface area contributed by atoms with Gasteiger partial charge in [0.15, 0.2) is 0 Å². The van der Waals surface area contributed by atoms with Crippen LogP contribution in [0, 0.1) is 6.92 Å². The van der Waals surface area contributed by atoms with Gasteiger partial charge in [-0.15, -0.1) is 0 Å². The van der Waals surface area contributed by atoms with Gasteiger partial charge in [0.2, 0.25) is 0 Å². The van der Waals surface area contributed by atoms with Crippen molar-refractivity contribution in [2.75, 3.05) is 0 Å². The van der Waals surface area contributed by atoms with Crippen molar-refractivity contribution >= 4 is 19.7 Å². The Morgan fingerprint density at radius 2 is 1.58 bits per heavy atom. The maximum atomic E-state index is 11.5. The molecule has 100 valence electrons. The first-order valence-corrected chi connectivity index (χ1v) is 8.37. The van der Waals surface area contributed by atoms with Crippen LogP contribution in [0.25, 0.3) is 11.1 Å². The predicted octanol–water partition coefficient (Wildman–Crippen LogP) is 4.15. The van der Waals surface area contributed by atoms with Crippen molar-refractivity contribution in [2.24, 2.45) is 0 Å². The summed E-state index contributed by atoms with van der Waals surface area (Å²) in [4.78, 5) is 0.172. The highest BCUT2D eigenvalue weighted by Gasteiger charge is 2.14. The van der Waals surface area contributed by atoms with Gasteiger partial charge in [-0.2, -0.15) is 0 Å². The normalized spacial score (nSPS) is 11.5. The van der Waals surface area contributed by atoms with Crippen molar-refractivity contribution in [2.45, 2.75) is 25.2 Å². The summed E-state index contributed by atoms with van der Waals surface area (Å²) in [5.74, 6) is 0. The summed E-state index contributed by atoms with van der Waals surface area (Å²) in [6.45, 7) is 3.83. The molecule has 0 unspecified atom stereocenters. The molecule has 0 saturated heterocycles. The summed E-state index contributed by atoms with van der Waals surface area (Å²) in [7, 11) is 1.74. The lowest BCUT2D eigenvalue weighted by molar-refractivity contribution is 0.609. The highest BCUT2D eigenvalue weighted by Crippen LogP contribution is 2.27. The second-order valence-electron chi connectivity index (χ2n) is 4.47. The minimum Gasteiger partial charge on any atom is -0.207 e. The highest BCUT2D eigenvalue weighted by atomic mass is 35.7. The third kappa shape index (κ3) is 3.17. The van der Waals surface area contributed by atoms with Crippen LogP contribution >= 0.6 is 10.7 Å². The van der Waals surface area contributed by atoms with Gasteiger partial charge in [0, 0.05) is 10.7 Å². The van der Waals surface area contributed by atoms with Crippen LogP contribution in [0.3, 0.4) is 0 Å². The molecule has 4 heteroatoms. The second kappa shape index (κ2) is 5.35. The van der Waals surface area contributed by atoms with Crippen LogP contribution in [0.15, 0.2) is 47.4 Å². The lowest BCUT2D eigenvalue weighted by atomic mass is 10.0. The molecule has 0 fully saturated rings. The lowest BCUT2D eigenvalue weighted by Crippen LogP contribution is -1.95. The van der Waals surface area contributed by atoms with E-state index in [2.05, 4.69) is 6.92 Å². The SMILES string of the molecule is CCc1ccc(-c2ccc(C)c(S(=O)(=O)Cl)c2)cc1. The molecular weight excluding hydrogens is 280 g/mol. The van der Waals surface area contributed by atoms with Crippen molar-refractivity contribution in [1.29, 1.82) is 0 Å². The Kier molecular flexibility index (Phi) is 3.97. The first kappa shape index (κ1) is 14.1. The number of benzene rings is 2. The standard InChI is InChI=1S/C15H15ClO2S/c1-3-12-5-8-13(9-6-12)14-7-4-11(2)15(10-14)19(16,17)18/h4-10H,3H2,1-2H3. The molecule has 19 heavy (non-hydrogen) atoms. The van der Waals surface area contributed by atoms with Crippen molar-refractivity contribution < 1.29 is 8.42 Å². The lowest BCUT2D eigenvalue weighted by Gasteiger charge is -2.07. The number of hydrogen-bond acceptors (Lipinski definition) is 2. The van der Waals surface area contributed by atoms with Crippen LogP contribution in [-0.4, -0.2) is 8.42 Å². The monoisotopic (exact) mass is 294 g/mol. The number of aryl methyl sites for hydroxylation is 2. The van der Waals surface area contributed by atoms with Crippen molar-refractivity contribution in [1.82, 2.24) is 0 Å². The molecule has 0 aliphatic rings. The van der Waals surface area contributed by atoms with E-state index in [1.807, 2.05) is 30.3 Å². The van der Waals surface area contributed by atoms with Crippen LogP contribution in [-0.2, 0) is 15.5 Å². The van der Waals surface area contributed by atoms with Gasteiger partial charge < -0.3 is 0 Å². The third-order valence-corrected chi connectivity index (χ3v) is 4.61. The molecule has 0 aliphatic carbocycles. The summed E-state index contributed by atoms with van der Waals surface area (Å²) in [5, 5.41) is 0. The van der Waals surface area contributed by atoms with Crippen molar-refractivity contribution in [3.8, 4) is 11.1 Å². The fourth-order valence-corrected chi connectivity index (χ4v) is 3.19. The Bertz CT molecular complexity index is 689. The zero-order chi connectivity index (χ0) is 14.0. The summed E-state index contributed by atoms with van der Waals surface area (Å²) in [6, 6.07) is 13.4. The molecule has 2 aromatic carbocycles. The zero-order valence-corrected chi connectivity index (χ0v) is 12.4. The number of halogens is 1. The van der Waals surface area contributed by atoms with Crippen LogP contribution in [0.4, 0.5) is 0 Å². The topological polar surface area (TPSA) is 34.1 Å². The molecule has 2 nitrogen and oxygen atoms in total. The van der Waals surface area contributed by atoms with E-state index in [1.165, 1.54) is 5.56 Å². The smallest absolute Gasteiger partial charge is 0.207 e. The molecular formula is C15H15ClO2S. The van der Waals surface area contributed by atoms with E-state index in [1.54, 1.807) is 19.1 Å². The Morgan fingerprint density at radius 3 is 2.11 bits per heavy atom. The van der Waals surface area contributed by atoms with E-state index >= 15 is 0 Å². The molecule has 2 aromatic rings. The molecule has 0 bridgehead atoms. The van der Waals surface area contributed by atoms with Gasteiger partial charge >= 0.3 is 0 Å². The maximum absolute atomic E-state index is 11.5. The fourth-order valence-electron chi connectivity index (χ4n) is 1.98. The van der Waals surface area contributed by atoms with Crippen molar-refractivity contribution in [3.05, 3.63) is 53.6 Å². The average molecular weight is 295 g/mol. The van der Waals surface area contributed by atoms with Crippen LogP contribution in [0.2, 0.25) is 0 Å². The van der Waals surface area contributed by atoms with Crippen LogP contribution in [0.5, 0.6) is 0 Å². The summed E-state index contributed by atoms with van der Waals surface area (Å²) < 4.78 is 23.0. The molecule has 0 amide bonds. The number of hydrogen-bond donors (Lipinski definition) is 0. The zero-order valence-electron chi connectivity index (χ0n) is 10.9. The first-order chi connectivity index (χ1) is 8.91. The Labute approximate surface area is 118 Å². The summed E-state index contributed by atoms with van der Waals surface area (Å²) in [6.07, 6.45) is 0.982. The Morgan fingerprint density at radius 1 is 1.00 bits per heavy atom. The molecule has 0 aromatic heterocycles. The van der Waals surface area contributed by atoms with Gasteiger partial charge in [-0.1, -0.05) is 43.3 Å². The van der Waals surface area contributed by atoms with Gasteiger partial charge in [0.1, 0.15) is 0 Å². The minimum absolute atomic E-state index is 0.172. The minimum atomic E-state index is -3.70. The molecule has 0 atom stereocenters. The van der Waals surface area contributed by atoms with E-state index in [4.69, 9.17) is 10.7 Å². The largest absolute Gasteiger partial charge is 0.261 e. The number of rotatable bonds is 3. The Balaban J connectivity index is 2.51. The van der Waals surface area contributed by atoms with Crippen LogP contribution in [0.1, 0.15) is 18.1 Å². The quantitative estimate of drug-likeness (QED) is 0.797. The molecule has 0 saturated carbocycles. The van der Waals surface area contributed by atoms with E-state index < -0.39 is 9.05 Å². The van der Waals surface area contributed by atoms with E-state index in [-0.39, 0.29) is 4.90 Å². The highest BCUT2D eigenvalue weighted by molar-refractivity contribution is 8.13. The fraction of sp³-hybridized carbons (Fsp3) is 0.200.